The van der Waals surface area contributed by atoms with Crippen LogP contribution in [0.15, 0.2) is 36.4 Å². The normalized spacial score (nSPS) is 28.1. The van der Waals surface area contributed by atoms with Gasteiger partial charge in [-0.3, -0.25) is 0 Å². The fourth-order valence-electron chi connectivity index (χ4n) is 5.95. The number of benzene rings is 1. The molecule has 0 atom stereocenters. The topological polar surface area (TPSA) is 0 Å². The third kappa shape index (κ3) is 7.62. The molecule has 2 saturated carbocycles. The van der Waals surface area contributed by atoms with Crippen molar-refractivity contribution < 1.29 is 0 Å². The van der Waals surface area contributed by atoms with Crippen LogP contribution in [0.3, 0.4) is 0 Å². The Kier molecular flexibility index (Phi) is 9.84. The molecule has 0 saturated heterocycles. The maximum atomic E-state index is 2.47. The Labute approximate surface area is 181 Å². The Morgan fingerprint density at radius 2 is 1.28 bits per heavy atom. The van der Waals surface area contributed by atoms with Crippen LogP contribution in [0, 0.1) is 23.7 Å². The lowest BCUT2D eigenvalue weighted by Gasteiger charge is -2.37. The molecular weight excluding hydrogens is 348 g/mol. The van der Waals surface area contributed by atoms with Crippen molar-refractivity contribution in [1.29, 1.82) is 0 Å². The highest BCUT2D eigenvalue weighted by Crippen LogP contribution is 2.42. The number of hydrogen-bond acceptors (Lipinski definition) is 0. The molecule has 2 aliphatic carbocycles. The molecule has 2 fully saturated rings. The highest BCUT2D eigenvalue weighted by molar-refractivity contribution is 5.24. The highest BCUT2D eigenvalue weighted by atomic mass is 14.4. The van der Waals surface area contributed by atoms with E-state index in [0.29, 0.717) is 0 Å². The van der Waals surface area contributed by atoms with Crippen molar-refractivity contribution >= 4 is 0 Å². The fourth-order valence-corrected chi connectivity index (χ4v) is 5.95. The molecule has 2 aliphatic rings. The van der Waals surface area contributed by atoms with E-state index in [4.69, 9.17) is 0 Å². The molecule has 0 radical (unpaired) electrons. The van der Waals surface area contributed by atoms with E-state index in [1.54, 1.807) is 12.8 Å². The minimum atomic E-state index is 0.954. The van der Waals surface area contributed by atoms with Crippen molar-refractivity contribution in [3.05, 3.63) is 47.5 Å². The third-order valence-corrected chi connectivity index (χ3v) is 8.09. The van der Waals surface area contributed by atoms with Gasteiger partial charge in [-0.25, -0.2) is 0 Å². The lowest BCUT2D eigenvalue weighted by atomic mass is 9.68. The van der Waals surface area contributed by atoms with Crippen molar-refractivity contribution in [3.8, 4) is 0 Å². The van der Waals surface area contributed by atoms with Crippen molar-refractivity contribution in [3.63, 3.8) is 0 Å². The van der Waals surface area contributed by atoms with Crippen molar-refractivity contribution in [2.24, 2.45) is 23.7 Å². The van der Waals surface area contributed by atoms with Gasteiger partial charge in [-0.05, 0) is 92.6 Å². The quantitative estimate of drug-likeness (QED) is 0.274. The largest absolute Gasteiger partial charge is 0.0879 e. The van der Waals surface area contributed by atoms with Crippen molar-refractivity contribution in [2.75, 3.05) is 0 Å². The zero-order valence-electron chi connectivity index (χ0n) is 19.4. The first-order valence-corrected chi connectivity index (χ1v) is 13.0. The SMILES string of the molecule is CCCCCC1CCC(C2CCC(CC=CCc3ccc(CC)cc3)CC2)CC1. The van der Waals surface area contributed by atoms with Gasteiger partial charge in [0.15, 0.2) is 0 Å². The summed E-state index contributed by atoms with van der Waals surface area (Å²) in [6.45, 7) is 4.55. The van der Waals surface area contributed by atoms with Crippen LogP contribution in [0.25, 0.3) is 0 Å². The average Bonchev–Trinajstić information content (AvgIpc) is 2.78. The van der Waals surface area contributed by atoms with E-state index < -0.39 is 0 Å². The summed E-state index contributed by atoms with van der Waals surface area (Å²) in [6.07, 6.45) is 26.4. The Hall–Kier alpha value is -1.04. The van der Waals surface area contributed by atoms with E-state index in [-0.39, 0.29) is 0 Å². The monoisotopic (exact) mass is 394 g/mol. The number of rotatable bonds is 10. The van der Waals surface area contributed by atoms with Gasteiger partial charge in [-0.15, -0.1) is 0 Å². The van der Waals surface area contributed by atoms with E-state index >= 15 is 0 Å². The highest BCUT2D eigenvalue weighted by Gasteiger charge is 2.30. The minimum Gasteiger partial charge on any atom is -0.0879 e. The molecule has 0 bridgehead atoms. The first-order chi connectivity index (χ1) is 14.3. The predicted molar refractivity (Wildman–Crippen MR) is 128 cm³/mol. The maximum absolute atomic E-state index is 2.47. The molecule has 162 valence electrons. The molecule has 0 N–H and O–H groups in total. The summed E-state index contributed by atoms with van der Waals surface area (Å²) >= 11 is 0. The molecule has 29 heavy (non-hydrogen) atoms. The van der Waals surface area contributed by atoms with Gasteiger partial charge in [-0.1, -0.05) is 88.8 Å². The molecule has 0 heteroatoms. The van der Waals surface area contributed by atoms with Gasteiger partial charge >= 0.3 is 0 Å². The van der Waals surface area contributed by atoms with Gasteiger partial charge < -0.3 is 0 Å². The van der Waals surface area contributed by atoms with Crippen molar-refractivity contribution in [1.82, 2.24) is 0 Å². The molecular formula is C29H46. The zero-order chi connectivity index (χ0) is 20.3. The van der Waals surface area contributed by atoms with Gasteiger partial charge in [0.25, 0.3) is 0 Å². The maximum Gasteiger partial charge on any atom is -0.00975 e. The molecule has 0 spiro atoms. The van der Waals surface area contributed by atoms with E-state index in [0.717, 1.165) is 36.5 Å². The second-order valence-corrected chi connectivity index (χ2v) is 10.1. The van der Waals surface area contributed by atoms with E-state index in [1.807, 2.05) is 0 Å². The Balaban J connectivity index is 1.29. The molecule has 1 aromatic rings. The van der Waals surface area contributed by atoms with Crippen LogP contribution in [0.1, 0.15) is 108 Å². The summed E-state index contributed by atoms with van der Waals surface area (Å²) in [6, 6.07) is 9.16. The zero-order valence-corrected chi connectivity index (χ0v) is 19.4. The van der Waals surface area contributed by atoms with E-state index in [2.05, 4.69) is 50.3 Å². The van der Waals surface area contributed by atoms with Gasteiger partial charge in [0, 0.05) is 0 Å². The van der Waals surface area contributed by atoms with Crippen LogP contribution in [-0.2, 0) is 12.8 Å². The first kappa shape index (κ1) is 22.6. The summed E-state index contributed by atoms with van der Waals surface area (Å²) in [4.78, 5) is 0. The molecule has 0 amide bonds. The molecule has 0 aliphatic heterocycles. The number of aryl methyl sites for hydroxylation is 1. The Bertz CT molecular complexity index is 565. The molecule has 0 aromatic heterocycles. The second kappa shape index (κ2) is 12.6. The van der Waals surface area contributed by atoms with Gasteiger partial charge in [0.05, 0.1) is 0 Å². The Morgan fingerprint density at radius 1 is 0.690 bits per heavy atom. The predicted octanol–water partition coefficient (Wildman–Crippen LogP) is 8.93. The average molecular weight is 395 g/mol. The minimum absolute atomic E-state index is 0.954. The van der Waals surface area contributed by atoms with Crippen molar-refractivity contribution in [2.45, 2.75) is 110 Å². The van der Waals surface area contributed by atoms with E-state index in [9.17, 15) is 0 Å². The molecule has 0 heterocycles. The summed E-state index contributed by atoms with van der Waals surface area (Å²) in [7, 11) is 0. The number of allylic oxidation sites excluding steroid dienone is 2. The summed E-state index contributed by atoms with van der Waals surface area (Å²) in [5, 5.41) is 0. The number of unbranched alkanes of at least 4 members (excludes halogenated alkanes) is 2. The third-order valence-electron chi connectivity index (χ3n) is 8.09. The lowest BCUT2D eigenvalue weighted by molar-refractivity contribution is 0.143. The standard InChI is InChI=1S/C29H46/c1-3-5-6-9-26-16-20-28(21-17-26)29-22-18-27(19-23-29)11-8-7-10-25-14-12-24(4-2)13-15-25/h7-8,12-15,26-29H,3-6,9-11,16-23H2,1-2H3. The molecule has 0 unspecified atom stereocenters. The van der Waals surface area contributed by atoms with Gasteiger partial charge in [-0.2, -0.15) is 0 Å². The fraction of sp³-hybridized carbons (Fsp3) is 0.724. The second-order valence-electron chi connectivity index (χ2n) is 10.1. The van der Waals surface area contributed by atoms with Gasteiger partial charge in [0.1, 0.15) is 0 Å². The summed E-state index contributed by atoms with van der Waals surface area (Å²) < 4.78 is 0. The molecule has 0 nitrogen and oxygen atoms in total. The first-order valence-electron chi connectivity index (χ1n) is 13.0. The molecule has 1 aromatic carbocycles. The lowest BCUT2D eigenvalue weighted by Crippen LogP contribution is -2.25. The number of hydrogen-bond donors (Lipinski definition) is 0. The van der Waals surface area contributed by atoms with Crippen LogP contribution in [0.5, 0.6) is 0 Å². The smallest absolute Gasteiger partial charge is 0.00975 e. The van der Waals surface area contributed by atoms with Crippen LogP contribution in [0.4, 0.5) is 0 Å². The van der Waals surface area contributed by atoms with Crippen LogP contribution >= 0.6 is 0 Å². The van der Waals surface area contributed by atoms with E-state index in [1.165, 1.54) is 81.8 Å². The van der Waals surface area contributed by atoms with Crippen LogP contribution < -0.4 is 0 Å². The summed E-state index contributed by atoms with van der Waals surface area (Å²) in [5.41, 5.74) is 2.90. The molecule has 3 rings (SSSR count). The Morgan fingerprint density at radius 3 is 1.86 bits per heavy atom. The van der Waals surface area contributed by atoms with Crippen LogP contribution in [0.2, 0.25) is 0 Å². The van der Waals surface area contributed by atoms with Gasteiger partial charge in [0.2, 0.25) is 0 Å². The van der Waals surface area contributed by atoms with Crippen LogP contribution in [-0.4, -0.2) is 0 Å². The summed E-state index contributed by atoms with van der Waals surface area (Å²) in [5.74, 6) is 4.15.